The molecule has 0 aromatic rings. The van der Waals surface area contributed by atoms with Gasteiger partial charge in [-0.2, -0.15) is 8.42 Å². The lowest BCUT2D eigenvalue weighted by atomic mass is 10.1. The van der Waals surface area contributed by atoms with Gasteiger partial charge in [-0.15, -0.1) is 6.58 Å². The van der Waals surface area contributed by atoms with E-state index < -0.39 is 10.4 Å². The molecule has 0 atom stereocenters. The van der Waals surface area contributed by atoms with Crippen LogP contribution < -0.4 is 0 Å². The molecule has 0 aliphatic heterocycles. The smallest absolute Gasteiger partial charge is 0.264 e. The fourth-order valence-corrected chi connectivity index (χ4v) is 1.24. The van der Waals surface area contributed by atoms with Crippen LogP contribution in [0.5, 0.6) is 0 Å². The molecule has 0 fully saturated rings. The molecule has 0 aromatic carbocycles. The quantitative estimate of drug-likeness (QED) is 0.376. The van der Waals surface area contributed by atoms with E-state index >= 15 is 0 Å². The predicted octanol–water partition coefficient (Wildman–Crippen LogP) is 1.94. The summed E-state index contributed by atoms with van der Waals surface area (Å²) in [4.78, 5) is 0. The second-order valence-electron chi connectivity index (χ2n) is 2.74. The third-order valence-corrected chi connectivity index (χ3v) is 2.00. The van der Waals surface area contributed by atoms with Crippen molar-refractivity contribution < 1.29 is 17.2 Å². The molecule has 0 spiro atoms. The lowest BCUT2D eigenvalue weighted by molar-refractivity contribution is 0.261. The minimum atomic E-state index is -4.24. The summed E-state index contributed by atoms with van der Waals surface area (Å²) in [5, 5.41) is 0. The van der Waals surface area contributed by atoms with Crippen LogP contribution in [0.1, 0.15) is 32.1 Å². The van der Waals surface area contributed by atoms with Gasteiger partial charge in [0, 0.05) is 0 Å². The predicted molar refractivity (Wildman–Crippen MR) is 50.8 cm³/mol. The summed E-state index contributed by atoms with van der Waals surface area (Å²) in [5.41, 5.74) is 0. The highest BCUT2D eigenvalue weighted by Crippen LogP contribution is 2.03. The molecule has 0 saturated carbocycles. The summed E-state index contributed by atoms with van der Waals surface area (Å²) < 4.78 is 32.5. The summed E-state index contributed by atoms with van der Waals surface area (Å²) in [6.45, 7) is 3.65. The summed E-state index contributed by atoms with van der Waals surface area (Å²) >= 11 is 0. The average Bonchev–Trinajstić information content (AvgIpc) is 2.01. The molecular formula is C8H16O4S. The zero-order valence-corrected chi connectivity index (χ0v) is 8.42. The molecule has 0 unspecified atom stereocenters. The van der Waals surface area contributed by atoms with Gasteiger partial charge < -0.3 is 0 Å². The van der Waals surface area contributed by atoms with Crippen LogP contribution in [0, 0.1) is 0 Å². The van der Waals surface area contributed by atoms with Gasteiger partial charge in [-0.25, -0.2) is 4.18 Å². The first-order valence-corrected chi connectivity index (χ1v) is 5.65. The first kappa shape index (κ1) is 12.6. The van der Waals surface area contributed by atoms with Crippen LogP contribution in [-0.2, 0) is 14.6 Å². The monoisotopic (exact) mass is 208 g/mol. The Morgan fingerprint density at radius 3 is 2.38 bits per heavy atom. The van der Waals surface area contributed by atoms with E-state index in [0.717, 1.165) is 25.7 Å². The molecule has 1 N–H and O–H groups in total. The Balaban J connectivity index is 3.13. The first-order chi connectivity index (χ1) is 6.06. The molecular weight excluding hydrogens is 192 g/mol. The molecule has 13 heavy (non-hydrogen) atoms. The highest BCUT2D eigenvalue weighted by atomic mass is 32.3. The van der Waals surface area contributed by atoms with Crippen molar-refractivity contribution in [3.05, 3.63) is 12.7 Å². The number of rotatable bonds is 8. The Bertz CT molecular complexity index is 220. The van der Waals surface area contributed by atoms with Gasteiger partial charge in [-0.3, -0.25) is 4.55 Å². The second kappa shape index (κ2) is 7.06. The lowest BCUT2D eigenvalue weighted by Crippen LogP contribution is -2.04. The molecule has 78 valence electrons. The van der Waals surface area contributed by atoms with Crippen molar-refractivity contribution in [3.8, 4) is 0 Å². The van der Waals surface area contributed by atoms with Crippen LogP contribution in [0.3, 0.4) is 0 Å². The van der Waals surface area contributed by atoms with Gasteiger partial charge in [0.25, 0.3) is 0 Å². The molecule has 0 bridgehead atoms. The van der Waals surface area contributed by atoms with Gasteiger partial charge in [-0.1, -0.05) is 18.9 Å². The minimum Gasteiger partial charge on any atom is -0.264 e. The molecule has 4 nitrogen and oxygen atoms in total. The van der Waals surface area contributed by atoms with Crippen LogP contribution in [0.15, 0.2) is 12.7 Å². The normalized spacial score (nSPS) is 11.5. The van der Waals surface area contributed by atoms with Gasteiger partial charge in [0.05, 0.1) is 6.61 Å². The first-order valence-electron chi connectivity index (χ1n) is 4.29. The molecule has 0 amide bonds. The van der Waals surface area contributed by atoms with E-state index in [4.69, 9.17) is 4.55 Å². The maximum Gasteiger partial charge on any atom is 0.397 e. The largest absolute Gasteiger partial charge is 0.397 e. The fraction of sp³-hybridized carbons (Fsp3) is 0.750. The zero-order valence-electron chi connectivity index (χ0n) is 7.61. The summed E-state index contributed by atoms with van der Waals surface area (Å²) in [5.74, 6) is 0. The van der Waals surface area contributed by atoms with Crippen molar-refractivity contribution in [2.45, 2.75) is 32.1 Å². The topological polar surface area (TPSA) is 63.6 Å². The van der Waals surface area contributed by atoms with Crippen LogP contribution in [-0.4, -0.2) is 19.6 Å². The Kier molecular flexibility index (Phi) is 6.84. The molecule has 0 rings (SSSR count). The van der Waals surface area contributed by atoms with Crippen LogP contribution in [0.4, 0.5) is 0 Å². The van der Waals surface area contributed by atoms with Gasteiger partial charge in [-0.05, 0) is 19.3 Å². The average molecular weight is 208 g/mol. The fourth-order valence-electron chi connectivity index (χ4n) is 0.909. The van der Waals surface area contributed by atoms with Gasteiger partial charge in [0.2, 0.25) is 0 Å². The molecule has 0 radical (unpaired) electrons. The number of unbranched alkanes of at least 4 members (excludes halogenated alkanes) is 4. The van der Waals surface area contributed by atoms with Gasteiger partial charge in [0.1, 0.15) is 0 Å². The lowest BCUT2D eigenvalue weighted by Gasteiger charge is -1.99. The maximum atomic E-state index is 10.1. The molecule has 0 aliphatic rings. The van der Waals surface area contributed by atoms with Crippen molar-refractivity contribution in [2.75, 3.05) is 6.61 Å². The Labute approximate surface area is 79.6 Å². The molecule has 5 heteroatoms. The Hall–Kier alpha value is -0.390. The number of allylic oxidation sites excluding steroid dienone is 1. The molecule has 0 aliphatic carbocycles. The van der Waals surface area contributed by atoms with Gasteiger partial charge >= 0.3 is 10.4 Å². The SMILES string of the molecule is C=CCCCCCCOS(=O)(=O)O. The van der Waals surface area contributed by atoms with E-state index in [9.17, 15) is 8.42 Å². The molecule has 0 aromatic heterocycles. The number of hydrogen-bond donors (Lipinski definition) is 1. The Morgan fingerprint density at radius 2 is 1.85 bits per heavy atom. The van der Waals surface area contributed by atoms with Crippen LogP contribution in [0.2, 0.25) is 0 Å². The Morgan fingerprint density at radius 1 is 1.23 bits per heavy atom. The third-order valence-electron chi connectivity index (χ3n) is 1.53. The molecule has 0 heterocycles. The zero-order chi connectivity index (χ0) is 10.2. The van der Waals surface area contributed by atoms with E-state index in [1.54, 1.807) is 0 Å². The van der Waals surface area contributed by atoms with E-state index in [0.29, 0.717) is 6.42 Å². The maximum absolute atomic E-state index is 10.1. The highest BCUT2D eigenvalue weighted by Gasteiger charge is 2.02. The van der Waals surface area contributed by atoms with Crippen LogP contribution in [0.25, 0.3) is 0 Å². The summed E-state index contributed by atoms with van der Waals surface area (Å²) in [6.07, 6.45) is 6.49. The minimum absolute atomic E-state index is 0.0624. The van der Waals surface area contributed by atoms with E-state index in [1.165, 1.54) is 0 Å². The highest BCUT2D eigenvalue weighted by molar-refractivity contribution is 7.80. The van der Waals surface area contributed by atoms with Crippen molar-refractivity contribution >= 4 is 10.4 Å². The van der Waals surface area contributed by atoms with Crippen molar-refractivity contribution in [2.24, 2.45) is 0 Å². The van der Waals surface area contributed by atoms with Crippen molar-refractivity contribution in [1.29, 1.82) is 0 Å². The third kappa shape index (κ3) is 11.6. The van der Waals surface area contributed by atoms with Gasteiger partial charge in [0.15, 0.2) is 0 Å². The van der Waals surface area contributed by atoms with Crippen molar-refractivity contribution in [3.63, 3.8) is 0 Å². The van der Waals surface area contributed by atoms with E-state index in [1.807, 2.05) is 6.08 Å². The number of hydrogen-bond acceptors (Lipinski definition) is 3. The van der Waals surface area contributed by atoms with Crippen molar-refractivity contribution in [1.82, 2.24) is 0 Å². The summed E-state index contributed by atoms with van der Waals surface area (Å²) in [6, 6.07) is 0. The second-order valence-corrected chi connectivity index (χ2v) is 3.83. The molecule has 0 saturated heterocycles. The summed E-state index contributed by atoms with van der Waals surface area (Å²) in [7, 11) is -4.24. The van der Waals surface area contributed by atoms with Crippen LogP contribution >= 0.6 is 0 Å². The van der Waals surface area contributed by atoms with E-state index in [2.05, 4.69) is 10.8 Å². The van der Waals surface area contributed by atoms with E-state index in [-0.39, 0.29) is 6.61 Å². The standard InChI is InChI=1S/C8H16O4S/c1-2-3-4-5-6-7-8-12-13(9,10)11/h2H,1,3-8H2,(H,9,10,11).